The molecule has 0 bridgehead atoms. The van der Waals surface area contributed by atoms with Crippen molar-refractivity contribution in [2.24, 2.45) is 0 Å². The van der Waals surface area contributed by atoms with E-state index in [1.807, 2.05) is 5.32 Å². The summed E-state index contributed by atoms with van der Waals surface area (Å²) in [5.74, 6) is -1.65. The van der Waals surface area contributed by atoms with Crippen molar-refractivity contribution in [1.82, 2.24) is 10.2 Å². The Balaban J connectivity index is 4.07. The minimum absolute atomic E-state index is 0.192. The van der Waals surface area contributed by atoms with Crippen LogP contribution in [0.25, 0.3) is 0 Å². The van der Waals surface area contributed by atoms with Crippen LogP contribution in [-0.2, 0) is 14.3 Å². The molecule has 86 valence electrons. The molecule has 0 spiro atoms. The Hall–Kier alpha value is -1.63. The first-order valence-electron chi connectivity index (χ1n) is 4.19. The summed E-state index contributed by atoms with van der Waals surface area (Å²) >= 11 is 0. The van der Waals surface area contributed by atoms with E-state index in [1.54, 1.807) is 0 Å². The van der Waals surface area contributed by atoms with Gasteiger partial charge in [-0.25, -0.2) is 4.79 Å². The van der Waals surface area contributed by atoms with Crippen LogP contribution in [0.1, 0.15) is 6.92 Å². The molecular weight excluding hydrogens is 204 g/mol. The summed E-state index contributed by atoms with van der Waals surface area (Å²) in [4.78, 5) is 33.5. The number of likely N-dealkylation sites (N-methyl/N-ethyl adjacent to an activating group) is 1. The van der Waals surface area contributed by atoms with Crippen LogP contribution < -0.4 is 5.32 Å². The van der Waals surface area contributed by atoms with Crippen molar-refractivity contribution in [2.75, 3.05) is 20.7 Å². The fourth-order valence-electron chi connectivity index (χ4n) is 0.756. The monoisotopic (exact) mass is 218 g/mol. The van der Waals surface area contributed by atoms with Crippen molar-refractivity contribution >= 4 is 18.0 Å². The highest BCUT2D eigenvalue weighted by Gasteiger charge is 2.19. The molecular formula is C8H14N2O5. The summed E-state index contributed by atoms with van der Waals surface area (Å²) in [5.41, 5.74) is 0. The lowest BCUT2D eigenvalue weighted by molar-refractivity contribution is -0.142. The number of nitrogens with one attached hydrogen (secondary N) is 1. The van der Waals surface area contributed by atoms with Crippen LogP contribution in [0, 0.1) is 0 Å². The van der Waals surface area contributed by atoms with Crippen molar-refractivity contribution in [1.29, 1.82) is 0 Å². The summed E-state index contributed by atoms with van der Waals surface area (Å²) in [6, 6.07) is -0.798. The zero-order valence-electron chi connectivity index (χ0n) is 8.81. The van der Waals surface area contributed by atoms with Crippen molar-refractivity contribution in [3.8, 4) is 0 Å². The number of alkyl carbamates (subject to hydrolysis) is 1. The fraction of sp³-hybridized carbons (Fsp3) is 0.625. The number of carbonyl (C=O) groups is 3. The summed E-state index contributed by atoms with van der Waals surface area (Å²) in [5, 5.41) is 10.5. The number of hydrogen-bond donors (Lipinski definition) is 2. The molecule has 0 saturated carbocycles. The van der Waals surface area contributed by atoms with E-state index < -0.39 is 24.0 Å². The van der Waals surface area contributed by atoms with Gasteiger partial charge >= 0.3 is 12.1 Å². The smallest absolute Gasteiger partial charge is 0.413 e. The maximum absolute atomic E-state index is 11.1. The highest BCUT2D eigenvalue weighted by molar-refractivity contribution is 5.93. The standard InChI is InChI=1S/C8H14N2O5/c1-5(7(12)13)10(2)4-6(11)9-8(14)15-3/h5H,4H2,1-3H3,(H,12,13)(H,9,11,14). The molecule has 0 fully saturated rings. The third-order valence-electron chi connectivity index (χ3n) is 1.84. The van der Waals surface area contributed by atoms with Crippen molar-refractivity contribution in [3.05, 3.63) is 0 Å². The van der Waals surface area contributed by atoms with E-state index in [9.17, 15) is 14.4 Å². The number of amides is 2. The SMILES string of the molecule is COC(=O)NC(=O)CN(C)C(C)C(=O)O. The first kappa shape index (κ1) is 13.4. The number of methoxy groups -OCH3 is 1. The van der Waals surface area contributed by atoms with Crippen LogP contribution in [0.2, 0.25) is 0 Å². The van der Waals surface area contributed by atoms with Gasteiger partial charge in [0.2, 0.25) is 5.91 Å². The van der Waals surface area contributed by atoms with Crippen LogP contribution in [0.4, 0.5) is 4.79 Å². The van der Waals surface area contributed by atoms with E-state index in [-0.39, 0.29) is 6.54 Å². The summed E-state index contributed by atoms with van der Waals surface area (Å²) in [6.45, 7) is 1.25. The van der Waals surface area contributed by atoms with Gasteiger partial charge in [-0.15, -0.1) is 0 Å². The number of imide groups is 1. The zero-order valence-corrected chi connectivity index (χ0v) is 8.81. The van der Waals surface area contributed by atoms with Crippen molar-refractivity contribution in [3.63, 3.8) is 0 Å². The number of carboxylic acids is 1. The third-order valence-corrected chi connectivity index (χ3v) is 1.84. The van der Waals surface area contributed by atoms with Gasteiger partial charge in [0.15, 0.2) is 0 Å². The van der Waals surface area contributed by atoms with E-state index in [0.717, 1.165) is 7.11 Å². The van der Waals surface area contributed by atoms with Crippen molar-refractivity contribution < 1.29 is 24.2 Å². The van der Waals surface area contributed by atoms with E-state index in [0.29, 0.717) is 0 Å². The minimum atomic E-state index is -1.04. The molecule has 15 heavy (non-hydrogen) atoms. The van der Waals surface area contributed by atoms with Crippen LogP contribution in [0.5, 0.6) is 0 Å². The number of rotatable bonds is 4. The van der Waals surface area contributed by atoms with E-state index in [2.05, 4.69) is 4.74 Å². The summed E-state index contributed by atoms with van der Waals surface area (Å²) in [6.07, 6.45) is -0.864. The number of carboxylic acid groups (broad SMARTS) is 1. The van der Waals surface area contributed by atoms with Crippen LogP contribution >= 0.6 is 0 Å². The molecule has 0 aromatic carbocycles. The lowest BCUT2D eigenvalue weighted by atomic mass is 10.3. The van der Waals surface area contributed by atoms with Gasteiger partial charge in [-0.2, -0.15) is 0 Å². The Morgan fingerprint density at radius 3 is 2.40 bits per heavy atom. The average molecular weight is 218 g/mol. The first-order valence-corrected chi connectivity index (χ1v) is 4.19. The molecule has 0 aliphatic carbocycles. The molecule has 0 rings (SSSR count). The second-order valence-electron chi connectivity index (χ2n) is 2.97. The molecule has 0 aliphatic heterocycles. The molecule has 0 aliphatic rings. The third kappa shape index (κ3) is 4.96. The summed E-state index contributed by atoms with van der Waals surface area (Å²) in [7, 11) is 2.60. The van der Waals surface area contributed by atoms with Gasteiger partial charge in [0.05, 0.1) is 13.7 Å². The van der Waals surface area contributed by atoms with E-state index in [1.165, 1.54) is 18.9 Å². The first-order chi connectivity index (χ1) is 6.88. The minimum Gasteiger partial charge on any atom is -0.480 e. The number of carbonyl (C=O) groups excluding carboxylic acids is 2. The van der Waals surface area contributed by atoms with Gasteiger partial charge in [0.25, 0.3) is 0 Å². The zero-order chi connectivity index (χ0) is 12.0. The molecule has 1 unspecified atom stereocenters. The Kier molecular flexibility index (Phi) is 5.32. The second kappa shape index (κ2) is 5.97. The molecule has 2 amide bonds. The van der Waals surface area contributed by atoms with Gasteiger partial charge in [-0.1, -0.05) is 0 Å². The Bertz CT molecular complexity index is 266. The number of aliphatic carboxylic acids is 1. The number of hydrogen-bond acceptors (Lipinski definition) is 5. The van der Waals surface area contributed by atoms with Crippen molar-refractivity contribution in [2.45, 2.75) is 13.0 Å². The Morgan fingerprint density at radius 2 is 2.00 bits per heavy atom. The van der Waals surface area contributed by atoms with Gasteiger partial charge in [0.1, 0.15) is 6.04 Å². The van der Waals surface area contributed by atoms with Crippen LogP contribution in [0.15, 0.2) is 0 Å². The molecule has 7 nitrogen and oxygen atoms in total. The quantitative estimate of drug-likeness (QED) is 0.646. The lowest BCUT2D eigenvalue weighted by Crippen LogP contribution is -2.44. The number of ether oxygens (including phenoxy) is 1. The van der Waals surface area contributed by atoms with Crippen LogP contribution in [-0.4, -0.2) is 54.7 Å². The van der Waals surface area contributed by atoms with Gasteiger partial charge in [-0.05, 0) is 14.0 Å². The summed E-state index contributed by atoms with van der Waals surface area (Å²) < 4.78 is 4.20. The molecule has 0 saturated heterocycles. The highest BCUT2D eigenvalue weighted by atomic mass is 16.5. The molecule has 1 atom stereocenters. The predicted molar refractivity (Wildman–Crippen MR) is 50.3 cm³/mol. The molecule has 0 heterocycles. The van der Waals surface area contributed by atoms with Gasteiger partial charge in [0, 0.05) is 0 Å². The van der Waals surface area contributed by atoms with Gasteiger partial charge < -0.3 is 9.84 Å². The molecule has 0 aromatic rings. The normalized spacial score (nSPS) is 12.0. The second-order valence-corrected chi connectivity index (χ2v) is 2.97. The fourth-order valence-corrected chi connectivity index (χ4v) is 0.756. The highest BCUT2D eigenvalue weighted by Crippen LogP contribution is 1.94. The lowest BCUT2D eigenvalue weighted by Gasteiger charge is -2.19. The maximum atomic E-state index is 11.1. The molecule has 0 aromatic heterocycles. The predicted octanol–water partition coefficient (Wildman–Crippen LogP) is -0.726. The topological polar surface area (TPSA) is 95.9 Å². The molecule has 2 N–H and O–H groups in total. The van der Waals surface area contributed by atoms with Gasteiger partial charge in [-0.3, -0.25) is 19.8 Å². The van der Waals surface area contributed by atoms with E-state index >= 15 is 0 Å². The average Bonchev–Trinajstić information content (AvgIpc) is 2.15. The molecule has 7 heteroatoms. The van der Waals surface area contributed by atoms with Crippen LogP contribution in [0.3, 0.4) is 0 Å². The Morgan fingerprint density at radius 1 is 1.47 bits per heavy atom. The Labute approximate surface area is 87.0 Å². The number of nitrogens with zero attached hydrogens (tertiary/aromatic N) is 1. The largest absolute Gasteiger partial charge is 0.480 e. The maximum Gasteiger partial charge on any atom is 0.413 e. The molecule has 0 radical (unpaired) electrons. The van der Waals surface area contributed by atoms with E-state index in [4.69, 9.17) is 5.11 Å².